The van der Waals surface area contributed by atoms with E-state index in [-0.39, 0.29) is 11.2 Å². The SMILES string of the molecule is CCC1SC(=NC(=O)c2ccccc2)N(CCc2ccc(-c3ccccc3C#N)cc2)C1C(=O)O. The number of hydrogen-bond acceptors (Lipinski definition) is 4. The number of benzene rings is 3. The molecule has 1 saturated heterocycles. The van der Waals surface area contributed by atoms with Crippen LogP contribution >= 0.6 is 11.8 Å². The highest BCUT2D eigenvalue weighted by molar-refractivity contribution is 8.14. The molecule has 3 aromatic rings. The van der Waals surface area contributed by atoms with Crippen molar-refractivity contribution in [2.45, 2.75) is 31.1 Å². The maximum atomic E-state index is 12.7. The van der Waals surface area contributed by atoms with Crippen molar-refractivity contribution in [1.82, 2.24) is 4.90 Å². The molecule has 7 heteroatoms. The highest BCUT2D eigenvalue weighted by atomic mass is 32.2. The summed E-state index contributed by atoms with van der Waals surface area (Å²) in [6.07, 6.45) is 1.25. The molecule has 2 atom stereocenters. The van der Waals surface area contributed by atoms with Crippen molar-refractivity contribution in [3.8, 4) is 17.2 Å². The Kier molecular flexibility index (Phi) is 7.64. The maximum absolute atomic E-state index is 12.7. The van der Waals surface area contributed by atoms with Crippen molar-refractivity contribution < 1.29 is 14.7 Å². The fraction of sp³-hybridized carbons (Fsp3) is 0.214. The summed E-state index contributed by atoms with van der Waals surface area (Å²) in [5.74, 6) is -1.29. The first-order chi connectivity index (χ1) is 17.0. The van der Waals surface area contributed by atoms with Crippen LogP contribution in [0.5, 0.6) is 0 Å². The third-order valence-electron chi connectivity index (χ3n) is 6.02. The van der Waals surface area contributed by atoms with Gasteiger partial charge in [-0.1, -0.05) is 79.3 Å². The second-order valence-electron chi connectivity index (χ2n) is 8.21. The summed E-state index contributed by atoms with van der Waals surface area (Å²) < 4.78 is 0. The molecule has 6 nitrogen and oxygen atoms in total. The summed E-state index contributed by atoms with van der Waals surface area (Å²) in [7, 11) is 0. The van der Waals surface area contributed by atoms with Crippen molar-refractivity contribution in [2.75, 3.05) is 6.54 Å². The zero-order chi connectivity index (χ0) is 24.8. The van der Waals surface area contributed by atoms with E-state index in [4.69, 9.17) is 0 Å². The predicted molar refractivity (Wildman–Crippen MR) is 138 cm³/mol. The van der Waals surface area contributed by atoms with Crippen LogP contribution in [0.2, 0.25) is 0 Å². The molecule has 1 aliphatic rings. The Balaban J connectivity index is 1.55. The van der Waals surface area contributed by atoms with Gasteiger partial charge in [-0.15, -0.1) is 0 Å². The third kappa shape index (κ3) is 5.44. The van der Waals surface area contributed by atoms with E-state index in [1.807, 2.05) is 55.5 Å². The number of carbonyl (C=O) groups is 2. The summed E-state index contributed by atoms with van der Waals surface area (Å²) in [5.41, 5.74) is 3.95. The lowest BCUT2D eigenvalue weighted by Crippen LogP contribution is -2.44. The van der Waals surface area contributed by atoms with Crippen molar-refractivity contribution in [3.05, 3.63) is 95.6 Å². The van der Waals surface area contributed by atoms with Gasteiger partial charge in [-0.05, 0) is 47.7 Å². The summed E-state index contributed by atoms with van der Waals surface area (Å²) in [6, 6.07) is 25.7. The molecule has 0 bridgehead atoms. The lowest BCUT2D eigenvalue weighted by Gasteiger charge is -2.25. The molecule has 1 aliphatic heterocycles. The number of carboxylic acid groups (broad SMARTS) is 1. The molecule has 0 saturated carbocycles. The molecule has 0 spiro atoms. The molecule has 1 N–H and O–H groups in total. The topological polar surface area (TPSA) is 93.8 Å². The quantitative estimate of drug-likeness (QED) is 0.494. The van der Waals surface area contributed by atoms with Crippen LogP contribution in [-0.2, 0) is 11.2 Å². The molecule has 1 fully saturated rings. The minimum absolute atomic E-state index is 0.181. The zero-order valence-electron chi connectivity index (χ0n) is 19.3. The largest absolute Gasteiger partial charge is 0.480 e. The van der Waals surface area contributed by atoms with Crippen LogP contribution in [0.25, 0.3) is 11.1 Å². The highest BCUT2D eigenvalue weighted by Gasteiger charge is 2.43. The summed E-state index contributed by atoms with van der Waals surface area (Å²) in [5, 5.41) is 19.6. The molecule has 4 rings (SSSR count). The summed E-state index contributed by atoms with van der Waals surface area (Å²) in [6.45, 7) is 2.38. The predicted octanol–water partition coefficient (Wildman–Crippen LogP) is 5.24. The molecule has 3 aromatic carbocycles. The maximum Gasteiger partial charge on any atom is 0.327 e. The number of carboxylic acids is 1. The Bertz CT molecular complexity index is 1280. The lowest BCUT2D eigenvalue weighted by molar-refractivity contribution is -0.141. The molecule has 0 aromatic heterocycles. The number of aliphatic carboxylic acids is 1. The van der Waals surface area contributed by atoms with E-state index in [2.05, 4.69) is 11.1 Å². The molecule has 35 heavy (non-hydrogen) atoms. The van der Waals surface area contributed by atoms with Crippen LogP contribution in [0.4, 0.5) is 0 Å². The molecule has 0 aliphatic carbocycles. The van der Waals surface area contributed by atoms with E-state index in [9.17, 15) is 20.0 Å². The number of amidine groups is 1. The van der Waals surface area contributed by atoms with Crippen molar-refractivity contribution >= 4 is 28.8 Å². The first kappa shape index (κ1) is 24.2. The fourth-order valence-electron chi connectivity index (χ4n) is 4.18. The highest BCUT2D eigenvalue weighted by Crippen LogP contribution is 2.34. The van der Waals surface area contributed by atoms with Gasteiger partial charge in [0.15, 0.2) is 5.17 Å². The molecule has 2 unspecified atom stereocenters. The van der Waals surface area contributed by atoms with Crippen molar-refractivity contribution in [1.29, 1.82) is 5.26 Å². The second-order valence-corrected chi connectivity index (χ2v) is 9.42. The minimum atomic E-state index is -0.912. The van der Waals surface area contributed by atoms with Gasteiger partial charge in [-0.25, -0.2) is 4.79 Å². The number of rotatable bonds is 7. The number of nitriles is 1. The lowest BCUT2D eigenvalue weighted by atomic mass is 9.98. The van der Waals surface area contributed by atoms with Crippen LogP contribution in [0, 0.1) is 11.3 Å². The average Bonchev–Trinajstić information content (AvgIpc) is 3.25. The number of aliphatic imine (C=N–C) groups is 1. The van der Waals surface area contributed by atoms with Crippen molar-refractivity contribution in [3.63, 3.8) is 0 Å². The summed E-state index contributed by atoms with van der Waals surface area (Å²) in [4.78, 5) is 30.9. The molecule has 0 radical (unpaired) electrons. The Morgan fingerprint density at radius 3 is 2.37 bits per heavy atom. The number of hydrogen-bond donors (Lipinski definition) is 1. The zero-order valence-corrected chi connectivity index (χ0v) is 20.1. The molecular formula is C28H25N3O3S. The molecule has 176 valence electrons. The number of carbonyl (C=O) groups excluding carboxylic acids is 1. The Morgan fingerprint density at radius 2 is 1.71 bits per heavy atom. The van der Waals surface area contributed by atoms with Crippen LogP contribution in [-0.4, -0.2) is 44.9 Å². The first-order valence-corrected chi connectivity index (χ1v) is 12.3. The van der Waals surface area contributed by atoms with Gasteiger partial charge in [0.25, 0.3) is 5.91 Å². The van der Waals surface area contributed by atoms with Gasteiger partial charge in [0, 0.05) is 17.4 Å². The second kappa shape index (κ2) is 11.0. The Morgan fingerprint density at radius 1 is 1.03 bits per heavy atom. The Labute approximate surface area is 208 Å². The third-order valence-corrected chi connectivity index (χ3v) is 7.45. The Hall–Kier alpha value is -3.89. The normalized spacial score (nSPS) is 18.4. The van der Waals surface area contributed by atoms with Crippen LogP contribution in [0.1, 0.15) is 34.8 Å². The minimum Gasteiger partial charge on any atom is -0.480 e. The van der Waals surface area contributed by atoms with E-state index in [0.717, 1.165) is 16.7 Å². The van der Waals surface area contributed by atoms with E-state index < -0.39 is 12.0 Å². The van der Waals surface area contributed by atoms with E-state index in [0.29, 0.717) is 35.7 Å². The number of amides is 1. The summed E-state index contributed by atoms with van der Waals surface area (Å²) >= 11 is 1.36. The van der Waals surface area contributed by atoms with Gasteiger partial charge >= 0.3 is 5.97 Å². The first-order valence-electron chi connectivity index (χ1n) is 11.4. The van der Waals surface area contributed by atoms with Crippen molar-refractivity contribution in [2.24, 2.45) is 4.99 Å². The van der Waals surface area contributed by atoms with Gasteiger partial charge in [0.05, 0.1) is 11.6 Å². The van der Waals surface area contributed by atoms with E-state index >= 15 is 0 Å². The van der Waals surface area contributed by atoms with Crippen LogP contribution in [0.15, 0.2) is 83.9 Å². The number of nitrogens with zero attached hydrogens (tertiary/aromatic N) is 3. The molecular weight excluding hydrogens is 458 g/mol. The van der Waals surface area contributed by atoms with Gasteiger partial charge in [-0.2, -0.15) is 10.3 Å². The number of thioether (sulfide) groups is 1. The van der Waals surface area contributed by atoms with Crippen LogP contribution in [0.3, 0.4) is 0 Å². The van der Waals surface area contributed by atoms with Gasteiger partial charge in [0.1, 0.15) is 6.04 Å². The average molecular weight is 484 g/mol. The smallest absolute Gasteiger partial charge is 0.327 e. The van der Waals surface area contributed by atoms with E-state index in [1.165, 1.54) is 11.8 Å². The standard InChI is InChI=1S/C28H25N3O3S/c1-2-24-25(27(33)34)31(28(35-24)30-26(32)21-8-4-3-5-9-21)17-16-19-12-14-20(15-13-19)23-11-7-6-10-22(23)18-29/h3-15,24-25H,2,16-17H2,1H3,(H,33,34). The monoisotopic (exact) mass is 483 g/mol. The van der Waals surface area contributed by atoms with Gasteiger partial charge in [0.2, 0.25) is 0 Å². The van der Waals surface area contributed by atoms with Crippen LogP contribution < -0.4 is 0 Å². The van der Waals surface area contributed by atoms with Gasteiger partial charge < -0.3 is 10.0 Å². The van der Waals surface area contributed by atoms with E-state index in [1.54, 1.807) is 35.2 Å². The molecule has 1 amide bonds. The van der Waals surface area contributed by atoms with Gasteiger partial charge in [-0.3, -0.25) is 4.79 Å². The molecule has 1 heterocycles. The fourth-order valence-corrected chi connectivity index (χ4v) is 5.48.